The Balaban J connectivity index is 1.43. The predicted molar refractivity (Wildman–Crippen MR) is 122 cm³/mol. The van der Waals surface area contributed by atoms with E-state index in [0.29, 0.717) is 34.7 Å². The third-order valence-corrected chi connectivity index (χ3v) is 6.78. The summed E-state index contributed by atoms with van der Waals surface area (Å²) in [5.74, 6) is -1.02. The number of likely N-dealkylation sites (N-methyl/N-ethyl adjacent to an activating group) is 1. The summed E-state index contributed by atoms with van der Waals surface area (Å²) in [5.41, 5.74) is 0.748. The summed E-state index contributed by atoms with van der Waals surface area (Å²) in [6.45, 7) is -1.30. The number of rotatable bonds is 5. The molecule has 188 valence electrons. The third-order valence-electron chi connectivity index (χ3n) is 5.91. The molecule has 0 bridgehead atoms. The topological polar surface area (TPSA) is 97.0 Å². The molecule has 3 atom stereocenters. The molecule has 1 fully saturated rings. The van der Waals surface area contributed by atoms with Gasteiger partial charge in [-0.25, -0.2) is 0 Å². The monoisotopic (exact) mass is 511 g/mol. The maximum Gasteiger partial charge on any atom is 0.405 e. The quantitative estimate of drug-likeness (QED) is 0.641. The van der Waals surface area contributed by atoms with E-state index in [2.05, 4.69) is 5.32 Å². The molecule has 0 unspecified atom stereocenters. The molecular formula is C23H24F3N3O5S. The van der Waals surface area contributed by atoms with Gasteiger partial charge < -0.3 is 25.0 Å². The van der Waals surface area contributed by atoms with Gasteiger partial charge in [0.1, 0.15) is 25.0 Å². The van der Waals surface area contributed by atoms with Crippen LogP contribution in [0.3, 0.4) is 0 Å². The van der Waals surface area contributed by atoms with Crippen LogP contribution in [0, 0.1) is 0 Å². The molecule has 3 amide bonds. The number of nitrogens with zero attached hydrogens (tertiary/aromatic N) is 1. The van der Waals surface area contributed by atoms with Crippen LogP contribution in [0.1, 0.15) is 39.3 Å². The third kappa shape index (κ3) is 6.12. The van der Waals surface area contributed by atoms with Gasteiger partial charge in [-0.05, 0) is 42.5 Å². The van der Waals surface area contributed by atoms with Crippen molar-refractivity contribution in [1.29, 1.82) is 0 Å². The molecule has 3 heterocycles. The smallest absolute Gasteiger partial charge is 0.405 e. The number of alkyl halides is 3. The molecule has 2 aromatic rings. The molecule has 2 N–H and O–H groups in total. The van der Waals surface area contributed by atoms with Crippen LogP contribution in [0.15, 0.2) is 35.7 Å². The molecule has 2 aliphatic rings. The summed E-state index contributed by atoms with van der Waals surface area (Å²) in [4.78, 5) is 39.6. The molecular weight excluding hydrogens is 487 g/mol. The molecule has 4 rings (SSSR count). The average Bonchev–Trinajstić information content (AvgIpc) is 3.35. The SMILES string of the molecule is CN1C(=O)c2cc(NC(=O)c3cccs3)ccc2OC[C@H]2O[C@H](CC(=O)NCC(F)(F)F)CC[C@@H]21. The largest absolute Gasteiger partial charge is 0.490 e. The van der Waals surface area contributed by atoms with Crippen molar-refractivity contribution in [3.05, 3.63) is 46.2 Å². The van der Waals surface area contributed by atoms with Gasteiger partial charge in [0.25, 0.3) is 11.8 Å². The lowest BCUT2D eigenvalue weighted by molar-refractivity contribution is -0.144. The summed E-state index contributed by atoms with van der Waals surface area (Å²) >= 11 is 1.31. The first kappa shape index (κ1) is 25.0. The minimum absolute atomic E-state index is 0.0941. The van der Waals surface area contributed by atoms with E-state index in [9.17, 15) is 27.6 Å². The molecule has 0 aliphatic carbocycles. The predicted octanol–water partition coefficient (Wildman–Crippen LogP) is 3.45. The van der Waals surface area contributed by atoms with Crippen LogP contribution < -0.4 is 15.4 Å². The first-order valence-electron chi connectivity index (χ1n) is 11.0. The van der Waals surface area contributed by atoms with Crippen molar-refractivity contribution in [2.45, 2.75) is 43.7 Å². The number of carbonyl (C=O) groups excluding carboxylic acids is 3. The Morgan fingerprint density at radius 3 is 2.74 bits per heavy atom. The van der Waals surface area contributed by atoms with E-state index < -0.39 is 30.8 Å². The Bertz CT molecular complexity index is 1090. The van der Waals surface area contributed by atoms with Crippen LogP contribution in [-0.2, 0) is 9.53 Å². The first-order valence-corrected chi connectivity index (χ1v) is 11.9. The standard InChI is InChI=1S/C23H24F3N3O5S/c1-29-16-6-5-14(10-20(30)27-12-23(24,25)26)34-18(16)11-33-17-7-4-13(9-15(17)22(29)32)28-21(31)19-3-2-8-35-19/h2-4,7-9,14,16,18H,5-6,10-12H2,1H3,(H,27,30)(H,28,31)/t14-,16-,18+/m0/s1. The molecule has 2 aliphatic heterocycles. The van der Waals surface area contributed by atoms with Gasteiger partial charge in [-0.15, -0.1) is 11.3 Å². The highest BCUT2D eigenvalue weighted by atomic mass is 32.1. The number of anilines is 1. The number of fused-ring (bicyclic) bond motifs is 2. The number of halogens is 3. The first-order chi connectivity index (χ1) is 16.6. The Labute approximate surface area is 203 Å². The van der Waals surface area contributed by atoms with Crippen molar-refractivity contribution in [1.82, 2.24) is 10.2 Å². The summed E-state index contributed by atoms with van der Waals surface area (Å²) < 4.78 is 48.8. The van der Waals surface area contributed by atoms with Gasteiger partial charge in [0, 0.05) is 12.7 Å². The van der Waals surface area contributed by atoms with Gasteiger partial charge in [0.05, 0.1) is 29.0 Å². The van der Waals surface area contributed by atoms with Crippen LogP contribution in [0.2, 0.25) is 0 Å². The van der Waals surface area contributed by atoms with Crippen LogP contribution in [0.4, 0.5) is 18.9 Å². The van der Waals surface area contributed by atoms with Crippen LogP contribution in [0.5, 0.6) is 5.75 Å². The molecule has 0 radical (unpaired) electrons. The van der Waals surface area contributed by atoms with Crippen LogP contribution >= 0.6 is 11.3 Å². The van der Waals surface area contributed by atoms with E-state index in [1.807, 2.05) is 5.32 Å². The second kappa shape index (κ2) is 10.2. The van der Waals surface area contributed by atoms with E-state index in [1.165, 1.54) is 11.3 Å². The fraction of sp³-hybridized carbons (Fsp3) is 0.435. The lowest BCUT2D eigenvalue weighted by Gasteiger charge is -2.42. The van der Waals surface area contributed by atoms with Crippen LogP contribution in [0.25, 0.3) is 0 Å². The number of carbonyl (C=O) groups is 3. The lowest BCUT2D eigenvalue weighted by Crippen LogP contribution is -2.54. The molecule has 35 heavy (non-hydrogen) atoms. The maximum absolute atomic E-state index is 13.3. The van der Waals surface area contributed by atoms with Gasteiger partial charge in [-0.3, -0.25) is 14.4 Å². The van der Waals surface area contributed by atoms with Crippen molar-refractivity contribution in [3.8, 4) is 5.75 Å². The Morgan fingerprint density at radius 2 is 2.03 bits per heavy atom. The number of ether oxygens (including phenoxy) is 2. The van der Waals surface area contributed by atoms with Gasteiger partial charge in [0.2, 0.25) is 5.91 Å². The minimum atomic E-state index is -4.48. The highest BCUT2D eigenvalue weighted by Gasteiger charge is 2.39. The maximum atomic E-state index is 13.3. The molecule has 8 nitrogen and oxygen atoms in total. The second-order valence-electron chi connectivity index (χ2n) is 8.41. The van der Waals surface area contributed by atoms with Crippen molar-refractivity contribution in [2.24, 2.45) is 0 Å². The Morgan fingerprint density at radius 1 is 1.23 bits per heavy atom. The van der Waals surface area contributed by atoms with E-state index in [4.69, 9.17) is 9.47 Å². The van der Waals surface area contributed by atoms with Gasteiger partial charge in [0.15, 0.2) is 0 Å². The number of hydrogen-bond acceptors (Lipinski definition) is 6. The normalized spacial score (nSPS) is 22.2. The summed E-state index contributed by atoms with van der Waals surface area (Å²) in [7, 11) is 1.64. The summed E-state index contributed by atoms with van der Waals surface area (Å²) in [5, 5.41) is 6.43. The number of amides is 3. The molecule has 0 spiro atoms. The highest BCUT2D eigenvalue weighted by Crippen LogP contribution is 2.32. The molecule has 12 heteroatoms. The molecule has 1 saturated heterocycles. The van der Waals surface area contributed by atoms with Crippen molar-refractivity contribution in [3.63, 3.8) is 0 Å². The fourth-order valence-corrected chi connectivity index (χ4v) is 4.80. The van der Waals surface area contributed by atoms with E-state index in [0.717, 1.165) is 0 Å². The Hall–Kier alpha value is -3.12. The number of hydrogen-bond donors (Lipinski definition) is 2. The van der Waals surface area contributed by atoms with E-state index >= 15 is 0 Å². The minimum Gasteiger partial charge on any atom is -0.490 e. The number of benzene rings is 1. The number of thiophene rings is 1. The van der Waals surface area contributed by atoms with Gasteiger partial charge in [-0.2, -0.15) is 13.2 Å². The van der Waals surface area contributed by atoms with E-state index in [1.54, 1.807) is 47.7 Å². The zero-order chi connectivity index (χ0) is 25.2. The Kier molecular flexibility index (Phi) is 7.31. The average molecular weight is 512 g/mol. The van der Waals surface area contributed by atoms with E-state index in [-0.39, 0.29) is 30.9 Å². The van der Waals surface area contributed by atoms with Crippen LogP contribution in [-0.4, -0.2) is 67.2 Å². The zero-order valence-electron chi connectivity index (χ0n) is 18.8. The lowest BCUT2D eigenvalue weighted by atomic mass is 9.94. The van der Waals surface area contributed by atoms with Gasteiger partial charge >= 0.3 is 6.18 Å². The van der Waals surface area contributed by atoms with Gasteiger partial charge in [-0.1, -0.05) is 6.07 Å². The molecule has 0 saturated carbocycles. The summed E-state index contributed by atoms with van der Waals surface area (Å²) in [6.07, 6.45) is -4.92. The van der Waals surface area contributed by atoms with Crippen molar-refractivity contribution >= 4 is 34.7 Å². The second-order valence-corrected chi connectivity index (χ2v) is 9.35. The molecule has 1 aromatic carbocycles. The highest BCUT2D eigenvalue weighted by molar-refractivity contribution is 7.12. The molecule has 1 aromatic heterocycles. The fourth-order valence-electron chi connectivity index (χ4n) is 4.18. The summed E-state index contributed by atoms with van der Waals surface area (Å²) in [6, 6.07) is 7.93. The number of nitrogens with one attached hydrogen (secondary N) is 2. The zero-order valence-corrected chi connectivity index (χ0v) is 19.6. The van der Waals surface area contributed by atoms with Crippen molar-refractivity contribution in [2.75, 3.05) is 25.5 Å². The van der Waals surface area contributed by atoms with Crippen molar-refractivity contribution < 1.29 is 37.0 Å².